The van der Waals surface area contributed by atoms with Crippen molar-refractivity contribution in [3.05, 3.63) is 29.8 Å². The van der Waals surface area contributed by atoms with Gasteiger partial charge in [-0.25, -0.2) is 4.99 Å². The second-order valence-corrected chi connectivity index (χ2v) is 7.44. The first-order valence-corrected chi connectivity index (χ1v) is 10.2. The van der Waals surface area contributed by atoms with Crippen molar-refractivity contribution in [1.29, 1.82) is 0 Å². The van der Waals surface area contributed by atoms with Gasteiger partial charge >= 0.3 is 6.18 Å². The van der Waals surface area contributed by atoms with Crippen molar-refractivity contribution in [3.63, 3.8) is 0 Å². The minimum atomic E-state index is -4.15. The van der Waals surface area contributed by atoms with E-state index in [4.69, 9.17) is 4.74 Å². The Balaban J connectivity index is 0.00000320. The molecule has 2 fully saturated rings. The van der Waals surface area contributed by atoms with Gasteiger partial charge in [0.2, 0.25) is 0 Å². The number of nitrogens with one attached hydrogen (secondary N) is 2. The molecule has 0 bridgehead atoms. The first-order valence-electron chi connectivity index (χ1n) is 10.2. The van der Waals surface area contributed by atoms with Crippen LogP contribution in [0.4, 0.5) is 18.9 Å². The molecule has 1 aromatic rings. The molecule has 0 spiro atoms. The van der Waals surface area contributed by atoms with Crippen LogP contribution in [0.25, 0.3) is 0 Å². The smallest absolute Gasteiger partial charge is 0.378 e. The Morgan fingerprint density at radius 2 is 1.87 bits per heavy atom. The van der Waals surface area contributed by atoms with Gasteiger partial charge in [0, 0.05) is 44.5 Å². The minimum Gasteiger partial charge on any atom is -0.378 e. The van der Waals surface area contributed by atoms with Gasteiger partial charge in [-0.1, -0.05) is 12.1 Å². The van der Waals surface area contributed by atoms with E-state index in [-0.39, 0.29) is 30.0 Å². The first-order chi connectivity index (χ1) is 13.9. The van der Waals surface area contributed by atoms with Crippen molar-refractivity contribution < 1.29 is 17.9 Å². The zero-order valence-electron chi connectivity index (χ0n) is 17.2. The predicted molar refractivity (Wildman–Crippen MR) is 124 cm³/mol. The lowest BCUT2D eigenvalue weighted by atomic mass is 10.2. The van der Waals surface area contributed by atoms with Crippen molar-refractivity contribution in [2.24, 2.45) is 4.99 Å². The molecule has 3 rings (SSSR count). The fourth-order valence-corrected chi connectivity index (χ4v) is 3.67. The highest BCUT2D eigenvalue weighted by molar-refractivity contribution is 14.0. The summed E-state index contributed by atoms with van der Waals surface area (Å²) in [6, 6.07) is 8.31. The Morgan fingerprint density at radius 1 is 1.17 bits per heavy atom. The third-order valence-electron chi connectivity index (χ3n) is 5.09. The van der Waals surface area contributed by atoms with E-state index in [1.807, 2.05) is 6.92 Å². The molecule has 2 N–H and O–H groups in total. The summed E-state index contributed by atoms with van der Waals surface area (Å²) in [6.45, 7) is 6.46. The standard InChI is InChI=1S/C20H30F3N5O.HI/c1-2-24-19(26-17-7-8-27(14-17)15-20(21,22)23)25-13-16-3-5-18(6-4-16)28-9-11-29-12-10-28;/h3-6,17H,2,7-15H2,1H3,(H2,24,25,26);1H. The van der Waals surface area contributed by atoms with Gasteiger partial charge in [0.15, 0.2) is 5.96 Å². The van der Waals surface area contributed by atoms with Crippen LogP contribution in [0.15, 0.2) is 29.3 Å². The molecule has 2 aliphatic rings. The Morgan fingerprint density at radius 3 is 2.50 bits per heavy atom. The fraction of sp³-hybridized carbons (Fsp3) is 0.650. The van der Waals surface area contributed by atoms with E-state index in [1.54, 1.807) is 0 Å². The molecular weight excluding hydrogens is 510 g/mol. The predicted octanol–water partition coefficient (Wildman–Crippen LogP) is 2.83. The van der Waals surface area contributed by atoms with Crippen molar-refractivity contribution in [3.8, 4) is 0 Å². The molecule has 1 aromatic carbocycles. The number of likely N-dealkylation sites (tertiary alicyclic amines) is 1. The highest BCUT2D eigenvalue weighted by Crippen LogP contribution is 2.20. The third kappa shape index (κ3) is 8.10. The maximum Gasteiger partial charge on any atom is 0.401 e. The molecule has 0 aliphatic carbocycles. The lowest BCUT2D eigenvalue weighted by Gasteiger charge is -2.28. The van der Waals surface area contributed by atoms with Crippen LogP contribution >= 0.6 is 24.0 Å². The molecule has 6 nitrogen and oxygen atoms in total. The highest BCUT2D eigenvalue weighted by atomic mass is 127. The molecule has 1 atom stereocenters. The number of rotatable bonds is 6. The lowest BCUT2D eigenvalue weighted by molar-refractivity contribution is -0.143. The van der Waals surface area contributed by atoms with E-state index < -0.39 is 12.7 Å². The molecule has 0 saturated carbocycles. The Hall–Kier alpha value is -1.27. The van der Waals surface area contributed by atoms with Gasteiger partial charge in [-0.2, -0.15) is 13.2 Å². The maximum atomic E-state index is 12.6. The van der Waals surface area contributed by atoms with E-state index in [0.29, 0.717) is 38.6 Å². The number of morpholine rings is 1. The molecule has 30 heavy (non-hydrogen) atoms. The van der Waals surface area contributed by atoms with E-state index in [1.165, 1.54) is 10.6 Å². The normalized spacial score (nSPS) is 20.7. The van der Waals surface area contributed by atoms with E-state index >= 15 is 0 Å². The molecule has 0 amide bonds. The number of benzene rings is 1. The van der Waals surface area contributed by atoms with Gasteiger partial charge in [-0.3, -0.25) is 4.90 Å². The van der Waals surface area contributed by atoms with Crippen LogP contribution < -0.4 is 15.5 Å². The number of nitrogens with zero attached hydrogens (tertiary/aromatic N) is 3. The minimum absolute atomic E-state index is 0. The molecule has 0 radical (unpaired) electrons. The first kappa shape index (κ1) is 25.0. The average Bonchev–Trinajstić information content (AvgIpc) is 3.12. The molecular formula is C20H31F3IN5O. The van der Waals surface area contributed by atoms with Gasteiger partial charge < -0.3 is 20.3 Å². The van der Waals surface area contributed by atoms with E-state index in [0.717, 1.165) is 31.9 Å². The van der Waals surface area contributed by atoms with Gasteiger partial charge in [0.1, 0.15) is 0 Å². The van der Waals surface area contributed by atoms with Crippen molar-refractivity contribution in [2.75, 3.05) is 57.4 Å². The van der Waals surface area contributed by atoms with Crippen molar-refractivity contribution in [1.82, 2.24) is 15.5 Å². The van der Waals surface area contributed by atoms with Crippen LogP contribution in [-0.2, 0) is 11.3 Å². The molecule has 10 heteroatoms. The Labute approximate surface area is 193 Å². The summed E-state index contributed by atoms with van der Waals surface area (Å²) in [4.78, 5) is 8.35. The summed E-state index contributed by atoms with van der Waals surface area (Å²) in [5.74, 6) is 0.642. The highest BCUT2D eigenvalue weighted by Gasteiger charge is 2.34. The molecule has 2 saturated heterocycles. The van der Waals surface area contributed by atoms with Crippen LogP contribution in [0.3, 0.4) is 0 Å². The van der Waals surface area contributed by atoms with Crippen LogP contribution in [0.1, 0.15) is 18.9 Å². The van der Waals surface area contributed by atoms with Gasteiger partial charge in [-0.15, -0.1) is 24.0 Å². The monoisotopic (exact) mass is 541 g/mol. The maximum absolute atomic E-state index is 12.6. The Kier molecular flexibility index (Phi) is 9.95. The fourth-order valence-electron chi connectivity index (χ4n) is 3.67. The summed E-state index contributed by atoms with van der Waals surface area (Å²) < 4.78 is 43.1. The zero-order valence-corrected chi connectivity index (χ0v) is 19.6. The second kappa shape index (κ2) is 11.9. The summed E-state index contributed by atoms with van der Waals surface area (Å²) in [6.07, 6.45) is -3.48. The van der Waals surface area contributed by atoms with Crippen LogP contribution in [0.5, 0.6) is 0 Å². The van der Waals surface area contributed by atoms with Gasteiger partial charge in [0.25, 0.3) is 0 Å². The molecule has 2 heterocycles. The number of ether oxygens (including phenoxy) is 1. The number of hydrogen-bond acceptors (Lipinski definition) is 4. The van der Waals surface area contributed by atoms with Crippen LogP contribution in [0, 0.1) is 0 Å². The summed E-state index contributed by atoms with van der Waals surface area (Å²) in [5, 5.41) is 6.46. The van der Waals surface area contributed by atoms with Gasteiger partial charge in [-0.05, 0) is 31.0 Å². The van der Waals surface area contributed by atoms with Crippen molar-refractivity contribution in [2.45, 2.75) is 32.1 Å². The number of halogens is 4. The number of anilines is 1. The average molecular weight is 541 g/mol. The zero-order chi connectivity index (χ0) is 20.7. The summed E-state index contributed by atoms with van der Waals surface area (Å²) in [7, 11) is 0. The third-order valence-corrected chi connectivity index (χ3v) is 5.09. The molecule has 170 valence electrons. The summed E-state index contributed by atoms with van der Waals surface area (Å²) in [5.41, 5.74) is 2.27. The van der Waals surface area contributed by atoms with Crippen LogP contribution in [-0.4, -0.2) is 75.6 Å². The van der Waals surface area contributed by atoms with Gasteiger partial charge in [0.05, 0.1) is 26.3 Å². The number of guanidine groups is 1. The number of alkyl halides is 3. The largest absolute Gasteiger partial charge is 0.401 e. The topological polar surface area (TPSA) is 52.1 Å². The SMILES string of the molecule is CCNC(=NCc1ccc(N2CCOCC2)cc1)NC1CCN(CC(F)(F)F)C1.I. The number of hydrogen-bond donors (Lipinski definition) is 2. The molecule has 0 aromatic heterocycles. The Bertz CT molecular complexity index is 665. The lowest BCUT2D eigenvalue weighted by Crippen LogP contribution is -2.45. The summed E-state index contributed by atoms with van der Waals surface area (Å²) >= 11 is 0. The van der Waals surface area contributed by atoms with Crippen LogP contribution in [0.2, 0.25) is 0 Å². The van der Waals surface area contributed by atoms with E-state index in [9.17, 15) is 13.2 Å². The quantitative estimate of drug-likeness (QED) is 0.330. The molecule has 1 unspecified atom stereocenters. The molecule has 2 aliphatic heterocycles. The number of aliphatic imine (C=N–C) groups is 1. The van der Waals surface area contributed by atoms with Crippen molar-refractivity contribution >= 4 is 35.6 Å². The van der Waals surface area contributed by atoms with E-state index in [2.05, 4.69) is 44.8 Å². The second-order valence-electron chi connectivity index (χ2n) is 7.44.